The minimum absolute atomic E-state index is 0.581. The van der Waals surface area contributed by atoms with E-state index in [1.165, 1.54) is 45.4 Å². The summed E-state index contributed by atoms with van der Waals surface area (Å²) in [5.74, 6) is 1.59. The highest BCUT2D eigenvalue weighted by atomic mass is 15.2. The first-order chi connectivity index (χ1) is 7.96. The van der Waals surface area contributed by atoms with Gasteiger partial charge in [0.2, 0.25) is 0 Å². The van der Waals surface area contributed by atoms with Crippen LogP contribution in [0.4, 0.5) is 0 Å². The average Bonchev–Trinajstić information content (AvgIpc) is 2.55. The Labute approximate surface area is 107 Å². The molecule has 0 aromatic rings. The lowest BCUT2D eigenvalue weighted by atomic mass is 9.91. The van der Waals surface area contributed by atoms with Crippen LogP contribution < -0.4 is 5.32 Å². The maximum Gasteiger partial charge on any atom is 0.0101 e. The summed E-state index contributed by atoms with van der Waals surface area (Å²) in [6, 6.07) is 0.855. The van der Waals surface area contributed by atoms with E-state index in [4.69, 9.17) is 0 Å². The lowest BCUT2D eigenvalue weighted by Gasteiger charge is -2.36. The van der Waals surface area contributed by atoms with Crippen LogP contribution in [0, 0.1) is 17.3 Å². The molecule has 3 unspecified atom stereocenters. The molecule has 0 spiro atoms. The van der Waals surface area contributed by atoms with Gasteiger partial charge in [-0.3, -0.25) is 4.90 Å². The summed E-state index contributed by atoms with van der Waals surface area (Å²) >= 11 is 0. The molecule has 2 nitrogen and oxygen atoms in total. The van der Waals surface area contributed by atoms with Crippen LogP contribution in [0.5, 0.6) is 0 Å². The molecule has 1 N–H and O–H groups in total. The highest BCUT2D eigenvalue weighted by Gasteiger charge is 2.35. The Bertz CT molecular complexity index is 237. The maximum absolute atomic E-state index is 3.59. The lowest BCUT2D eigenvalue weighted by Crippen LogP contribution is -2.46. The van der Waals surface area contributed by atoms with E-state index >= 15 is 0 Å². The molecule has 17 heavy (non-hydrogen) atoms. The van der Waals surface area contributed by atoms with Crippen molar-refractivity contribution in [1.82, 2.24) is 10.2 Å². The summed E-state index contributed by atoms with van der Waals surface area (Å²) in [5, 5.41) is 3.59. The van der Waals surface area contributed by atoms with Gasteiger partial charge in [0, 0.05) is 19.1 Å². The monoisotopic (exact) mass is 238 g/mol. The Kier molecular flexibility index (Phi) is 4.14. The number of nitrogens with one attached hydrogen (secondary N) is 1. The van der Waals surface area contributed by atoms with E-state index < -0.39 is 0 Å². The predicted octanol–water partition coefficient (Wildman–Crippen LogP) is 2.74. The Balaban J connectivity index is 1.96. The summed E-state index contributed by atoms with van der Waals surface area (Å²) in [7, 11) is 0. The second kappa shape index (κ2) is 5.27. The summed E-state index contributed by atoms with van der Waals surface area (Å²) in [5.41, 5.74) is 0.581. The molecule has 0 amide bonds. The van der Waals surface area contributed by atoms with Crippen LogP contribution in [0.2, 0.25) is 0 Å². The highest BCUT2D eigenvalue weighted by Crippen LogP contribution is 2.39. The zero-order chi connectivity index (χ0) is 12.5. The van der Waals surface area contributed by atoms with Crippen molar-refractivity contribution in [3.05, 3.63) is 0 Å². The quantitative estimate of drug-likeness (QED) is 0.755. The van der Waals surface area contributed by atoms with Crippen LogP contribution >= 0.6 is 0 Å². The van der Waals surface area contributed by atoms with Gasteiger partial charge in [-0.1, -0.05) is 27.7 Å². The third-order valence-electron chi connectivity index (χ3n) is 4.54. The van der Waals surface area contributed by atoms with Crippen molar-refractivity contribution in [3.8, 4) is 0 Å². The minimum Gasteiger partial charge on any atom is -0.316 e. The minimum atomic E-state index is 0.581. The smallest absolute Gasteiger partial charge is 0.0101 e. The van der Waals surface area contributed by atoms with Gasteiger partial charge < -0.3 is 5.32 Å². The molecule has 1 aliphatic heterocycles. The van der Waals surface area contributed by atoms with Gasteiger partial charge in [-0.25, -0.2) is 0 Å². The first-order valence-electron chi connectivity index (χ1n) is 7.41. The van der Waals surface area contributed by atoms with E-state index in [0.29, 0.717) is 5.41 Å². The number of hydrogen-bond acceptors (Lipinski definition) is 2. The molecule has 0 radical (unpaired) electrons. The molecule has 0 bridgehead atoms. The number of hydrogen-bond donors (Lipinski definition) is 1. The fraction of sp³-hybridized carbons (Fsp3) is 1.00. The van der Waals surface area contributed by atoms with Crippen LogP contribution in [-0.4, -0.2) is 37.1 Å². The topological polar surface area (TPSA) is 15.3 Å². The number of nitrogens with zero attached hydrogens (tertiary/aromatic N) is 1. The fourth-order valence-electron chi connectivity index (χ4n) is 3.59. The largest absolute Gasteiger partial charge is 0.316 e. The molecule has 1 aliphatic carbocycles. The number of rotatable bonds is 1. The van der Waals surface area contributed by atoms with Crippen molar-refractivity contribution in [2.45, 2.75) is 53.0 Å². The fourth-order valence-corrected chi connectivity index (χ4v) is 3.59. The summed E-state index contributed by atoms with van der Waals surface area (Å²) < 4.78 is 0. The summed E-state index contributed by atoms with van der Waals surface area (Å²) in [6.45, 7) is 14.6. The van der Waals surface area contributed by atoms with Crippen LogP contribution in [0.1, 0.15) is 47.0 Å². The summed E-state index contributed by atoms with van der Waals surface area (Å²) in [6.07, 6.45) is 4.23. The Morgan fingerprint density at radius 1 is 1.06 bits per heavy atom. The van der Waals surface area contributed by atoms with E-state index in [1.807, 2.05) is 0 Å². The van der Waals surface area contributed by atoms with Crippen molar-refractivity contribution in [1.29, 1.82) is 0 Å². The normalized spacial score (nSPS) is 39.9. The zero-order valence-corrected chi connectivity index (χ0v) is 12.1. The molecule has 100 valence electrons. The van der Waals surface area contributed by atoms with E-state index in [1.54, 1.807) is 0 Å². The standard InChI is InChI=1S/C15H30N2/c1-12-8-16-9-13(2)11-17(10-12)14-5-6-15(3,4)7-14/h12-14,16H,5-11H2,1-4H3. The van der Waals surface area contributed by atoms with Gasteiger partial charge in [-0.15, -0.1) is 0 Å². The predicted molar refractivity (Wildman–Crippen MR) is 74.2 cm³/mol. The van der Waals surface area contributed by atoms with Gasteiger partial charge in [0.1, 0.15) is 0 Å². The van der Waals surface area contributed by atoms with E-state index in [0.717, 1.165) is 17.9 Å². The Morgan fingerprint density at radius 3 is 2.12 bits per heavy atom. The van der Waals surface area contributed by atoms with Gasteiger partial charge in [0.25, 0.3) is 0 Å². The zero-order valence-electron chi connectivity index (χ0n) is 12.1. The van der Waals surface area contributed by atoms with Gasteiger partial charge in [-0.05, 0) is 49.6 Å². The SMILES string of the molecule is CC1CNCC(C)CN(C2CCC(C)(C)C2)C1. The third kappa shape index (κ3) is 3.69. The third-order valence-corrected chi connectivity index (χ3v) is 4.54. The molecular formula is C15H30N2. The molecule has 2 rings (SSSR count). The van der Waals surface area contributed by atoms with Crippen molar-refractivity contribution < 1.29 is 0 Å². The van der Waals surface area contributed by atoms with Gasteiger partial charge in [-0.2, -0.15) is 0 Å². The van der Waals surface area contributed by atoms with Gasteiger partial charge >= 0.3 is 0 Å². The Morgan fingerprint density at radius 2 is 1.65 bits per heavy atom. The Hall–Kier alpha value is -0.0800. The molecule has 2 aliphatic rings. The molecule has 2 heteroatoms. The molecule has 1 saturated heterocycles. The van der Waals surface area contributed by atoms with Gasteiger partial charge in [0.05, 0.1) is 0 Å². The van der Waals surface area contributed by atoms with E-state index in [9.17, 15) is 0 Å². The van der Waals surface area contributed by atoms with Crippen LogP contribution in [0.25, 0.3) is 0 Å². The molecule has 0 aromatic carbocycles. The van der Waals surface area contributed by atoms with Crippen molar-refractivity contribution in [2.24, 2.45) is 17.3 Å². The molecule has 2 fully saturated rings. The molecular weight excluding hydrogens is 208 g/mol. The maximum atomic E-state index is 3.59. The van der Waals surface area contributed by atoms with E-state index in [2.05, 4.69) is 37.9 Å². The first kappa shape index (κ1) is 13.4. The van der Waals surface area contributed by atoms with Crippen LogP contribution in [0.15, 0.2) is 0 Å². The average molecular weight is 238 g/mol. The molecule has 1 saturated carbocycles. The second-order valence-electron chi connectivity index (χ2n) is 7.38. The molecule has 3 atom stereocenters. The van der Waals surface area contributed by atoms with Crippen LogP contribution in [0.3, 0.4) is 0 Å². The van der Waals surface area contributed by atoms with Gasteiger partial charge in [0.15, 0.2) is 0 Å². The first-order valence-corrected chi connectivity index (χ1v) is 7.41. The van der Waals surface area contributed by atoms with Crippen molar-refractivity contribution in [3.63, 3.8) is 0 Å². The second-order valence-corrected chi connectivity index (χ2v) is 7.38. The summed E-state index contributed by atoms with van der Waals surface area (Å²) in [4.78, 5) is 2.80. The van der Waals surface area contributed by atoms with E-state index in [-0.39, 0.29) is 0 Å². The van der Waals surface area contributed by atoms with Crippen molar-refractivity contribution >= 4 is 0 Å². The molecule has 1 heterocycles. The highest BCUT2D eigenvalue weighted by molar-refractivity contribution is 4.89. The molecule has 0 aromatic heterocycles. The van der Waals surface area contributed by atoms with Crippen LogP contribution in [-0.2, 0) is 0 Å². The lowest BCUT2D eigenvalue weighted by molar-refractivity contribution is 0.128. The van der Waals surface area contributed by atoms with Crippen molar-refractivity contribution in [2.75, 3.05) is 26.2 Å².